The standard InChI is InChI=1S/C20H30ClN3O4S2/c1-15(19(28-4)12-23(3)13-20-22-9-10-29-20)11-24(16(2)14-25)30(26,27)18-7-5-17(21)6-8-18/h5-10,15-16,19,25H,11-14H2,1-4H3/t15-,16+,19+/m0/s1. The molecule has 0 bridgehead atoms. The number of hydrogen-bond acceptors (Lipinski definition) is 7. The van der Waals surface area contributed by atoms with E-state index in [9.17, 15) is 13.5 Å². The van der Waals surface area contributed by atoms with Crippen LogP contribution in [-0.2, 0) is 21.3 Å². The van der Waals surface area contributed by atoms with E-state index in [0.717, 1.165) is 5.01 Å². The summed E-state index contributed by atoms with van der Waals surface area (Å²) in [5.41, 5.74) is 0. The summed E-state index contributed by atoms with van der Waals surface area (Å²) >= 11 is 7.50. The van der Waals surface area contributed by atoms with Crippen LogP contribution in [-0.4, -0.2) is 73.7 Å². The molecule has 0 spiro atoms. The van der Waals surface area contributed by atoms with Crippen molar-refractivity contribution in [3.63, 3.8) is 0 Å². The molecule has 0 aliphatic heterocycles. The second kappa shape index (κ2) is 11.5. The predicted octanol–water partition coefficient (Wildman–Crippen LogP) is 2.95. The van der Waals surface area contributed by atoms with Crippen molar-refractivity contribution in [2.24, 2.45) is 5.92 Å². The largest absolute Gasteiger partial charge is 0.395 e. The number of likely N-dealkylation sites (N-methyl/N-ethyl adjacent to an activating group) is 1. The van der Waals surface area contributed by atoms with Gasteiger partial charge in [0.25, 0.3) is 0 Å². The Hall–Kier alpha value is -1.07. The Labute approximate surface area is 188 Å². The molecule has 0 unspecified atom stereocenters. The first-order valence-corrected chi connectivity index (χ1v) is 12.4. The minimum Gasteiger partial charge on any atom is -0.395 e. The number of ether oxygens (including phenoxy) is 1. The van der Waals surface area contributed by atoms with E-state index in [0.29, 0.717) is 18.1 Å². The molecular formula is C20H30ClN3O4S2. The Kier molecular flexibility index (Phi) is 9.67. The number of benzene rings is 1. The first-order chi connectivity index (χ1) is 14.2. The molecular weight excluding hydrogens is 446 g/mol. The third kappa shape index (κ3) is 6.71. The van der Waals surface area contributed by atoms with E-state index in [1.165, 1.54) is 16.4 Å². The molecule has 1 heterocycles. The van der Waals surface area contributed by atoms with Gasteiger partial charge in [0.15, 0.2) is 0 Å². The van der Waals surface area contributed by atoms with Crippen LogP contribution in [0.2, 0.25) is 5.02 Å². The fourth-order valence-electron chi connectivity index (χ4n) is 3.17. The van der Waals surface area contributed by atoms with Gasteiger partial charge in [-0.3, -0.25) is 4.90 Å². The van der Waals surface area contributed by atoms with Gasteiger partial charge in [0, 0.05) is 42.8 Å². The lowest BCUT2D eigenvalue weighted by Crippen LogP contribution is -2.46. The predicted molar refractivity (Wildman–Crippen MR) is 120 cm³/mol. The van der Waals surface area contributed by atoms with Gasteiger partial charge in [0.05, 0.1) is 24.2 Å². The summed E-state index contributed by atoms with van der Waals surface area (Å²) in [6, 6.07) is 5.49. The summed E-state index contributed by atoms with van der Waals surface area (Å²) in [4.78, 5) is 6.56. The number of nitrogens with zero attached hydrogens (tertiary/aromatic N) is 3. The van der Waals surface area contributed by atoms with E-state index in [1.807, 2.05) is 19.4 Å². The van der Waals surface area contributed by atoms with Crippen LogP contribution in [0.3, 0.4) is 0 Å². The zero-order valence-electron chi connectivity index (χ0n) is 17.7. The number of rotatable bonds is 12. The van der Waals surface area contributed by atoms with Crippen LogP contribution in [0.15, 0.2) is 40.7 Å². The summed E-state index contributed by atoms with van der Waals surface area (Å²) in [7, 11) is -0.183. The second-order valence-electron chi connectivity index (χ2n) is 7.43. The highest BCUT2D eigenvalue weighted by Gasteiger charge is 2.32. The van der Waals surface area contributed by atoms with Crippen LogP contribution in [0, 0.1) is 5.92 Å². The highest BCUT2D eigenvalue weighted by Crippen LogP contribution is 2.23. The molecule has 0 saturated carbocycles. The molecule has 1 aromatic heterocycles. The van der Waals surface area contributed by atoms with Crippen LogP contribution in [0.25, 0.3) is 0 Å². The van der Waals surface area contributed by atoms with Crippen molar-refractivity contribution in [3.8, 4) is 0 Å². The summed E-state index contributed by atoms with van der Waals surface area (Å²) < 4.78 is 33.5. The van der Waals surface area contributed by atoms with Gasteiger partial charge < -0.3 is 9.84 Å². The lowest BCUT2D eigenvalue weighted by molar-refractivity contribution is 0.0221. The molecule has 1 N–H and O–H groups in total. The second-order valence-corrected chi connectivity index (χ2v) is 10.7. The van der Waals surface area contributed by atoms with Gasteiger partial charge in [-0.05, 0) is 44.2 Å². The van der Waals surface area contributed by atoms with Crippen molar-refractivity contribution in [2.75, 3.05) is 33.9 Å². The Morgan fingerprint density at radius 2 is 1.90 bits per heavy atom. The van der Waals surface area contributed by atoms with Crippen LogP contribution >= 0.6 is 22.9 Å². The third-order valence-electron chi connectivity index (χ3n) is 4.96. The average molecular weight is 476 g/mol. The first kappa shape index (κ1) is 25.2. The lowest BCUT2D eigenvalue weighted by atomic mass is 10.0. The molecule has 2 aromatic rings. The molecule has 3 atom stereocenters. The van der Waals surface area contributed by atoms with E-state index in [-0.39, 0.29) is 30.1 Å². The average Bonchev–Trinajstić information content (AvgIpc) is 3.22. The van der Waals surface area contributed by atoms with Crippen molar-refractivity contribution in [2.45, 2.75) is 37.4 Å². The van der Waals surface area contributed by atoms with E-state index < -0.39 is 16.1 Å². The highest BCUT2D eigenvalue weighted by molar-refractivity contribution is 7.89. The zero-order chi connectivity index (χ0) is 22.3. The Morgan fingerprint density at radius 1 is 1.23 bits per heavy atom. The van der Waals surface area contributed by atoms with E-state index in [1.54, 1.807) is 43.7 Å². The highest BCUT2D eigenvalue weighted by atomic mass is 35.5. The topological polar surface area (TPSA) is 83.0 Å². The van der Waals surface area contributed by atoms with Crippen LogP contribution < -0.4 is 0 Å². The Bertz CT molecular complexity index is 863. The van der Waals surface area contributed by atoms with Crippen LogP contribution in [0.5, 0.6) is 0 Å². The number of aliphatic hydroxyl groups excluding tert-OH is 1. The minimum absolute atomic E-state index is 0.107. The van der Waals surface area contributed by atoms with Crippen molar-refractivity contribution in [1.29, 1.82) is 0 Å². The maximum atomic E-state index is 13.2. The monoisotopic (exact) mass is 475 g/mol. The van der Waals surface area contributed by atoms with Gasteiger partial charge in [-0.15, -0.1) is 11.3 Å². The van der Waals surface area contributed by atoms with Crippen molar-refractivity contribution in [1.82, 2.24) is 14.2 Å². The van der Waals surface area contributed by atoms with Crippen molar-refractivity contribution in [3.05, 3.63) is 45.9 Å². The number of thiazole rings is 1. The normalized spacial score (nSPS) is 15.5. The van der Waals surface area contributed by atoms with Crippen molar-refractivity contribution < 1.29 is 18.3 Å². The molecule has 30 heavy (non-hydrogen) atoms. The fraction of sp³-hybridized carbons (Fsp3) is 0.550. The first-order valence-electron chi connectivity index (χ1n) is 9.67. The number of aliphatic hydroxyl groups is 1. The molecule has 0 amide bonds. The number of halogens is 1. The Balaban J connectivity index is 2.14. The SMILES string of the molecule is CO[C@H](CN(C)Cc1nccs1)[C@@H](C)CN([C@H](C)CO)S(=O)(=O)c1ccc(Cl)cc1. The molecule has 10 heteroatoms. The summed E-state index contributed by atoms with van der Waals surface area (Å²) in [5, 5.41) is 13.1. The summed E-state index contributed by atoms with van der Waals surface area (Å²) in [6.07, 6.45) is 1.59. The smallest absolute Gasteiger partial charge is 0.243 e. The fourth-order valence-corrected chi connectivity index (χ4v) is 5.71. The molecule has 0 fully saturated rings. The van der Waals surface area contributed by atoms with Crippen molar-refractivity contribution >= 4 is 33.0 Å². The van der Waals surface area contributed by atoms with Gasteiger partial charge in [-0.2, -0.15) is 4.31 Å². The number of methoxy groups -OCH3 is 1. The number of aromatic nitrogens is 1. The number of sulfonamides is 1. The molecule has 0 aliphatic rings. The van der Waals surface area contributed by atoms with Gasteiger partial charge in [-0.1, -0.05) is 18.5 Å². The maximum Gasteiger partial charge on any atom is 0.243 e. The third-order valence-corrected chi connectivity index (χ3v) is 7.97. The van der Waals surface area contributed by atoms with E-state index in [4.69, 9.17) is 16.3 Å². The molecule has 1 aromatic carbocycles. The molecule has 2 rings (SSSR count). The van der Waals surface area contributed by atoms with Crippen LogP contribution in [0.1, 0.15) is 18.9 Å². The van der Waals surface area contributed by atoms with Gasteiger partial charge in [-0.25, -0.2) is 13.4 Å². The van der Waals surface area contributed by atoms with Gasteiger partial charge in [0.2, 0.25) is 10.0 Å². The minimum atomic E-state index is -3.80. The summed E-state index contributed by atoms with van der Waals surface area (Å²) in [5.74, 6) is -0.107. The zero-order valence-corrected chi connectivity index (χ0v) is 20.1. The number of hydrogen-bond donors (Lipinski definition) is 1. The lowest BCUT2D eigenvalue weighted by Gasteiger charge is -2.33. The van der Waals surface area contributed by atoms with Crippen LogP contribution in [0.4, 0.5) is 0 Å². The van der Waals surface area contributed by atoms with E-state index in [2.05, 4.69) is 9.88 Å². The van der Waals surface area contributed by atoms with Gasteiger partial charge in [0.1, 0.15) is 5.01 Å². The van der Waals surface area contributed by atoms with Gasteiger partial charge >= 0.3 is 0 Å². The molecule has 0 aliphatic carbocycles. The molecule has 7 nitrogen and oxygen atoms in total. The maximum absolute atomic E-state index is 13.2. The quantitative estimate of drug-likeness (QED) is 0.508. The molecule has 0 saturated heterocycles. The molecule has 168 valence electrons. The van der Waals surface area contributed by atoms with E-state index >= 15 is 0 Å². The Morgan fingerprint density at radius 3 is 2.43 bits per heavy atom. The molecule has 0 radical (unpaired) electrons. The summed E-state index contributed by atoms with van der Waals surface area (Å²) in [6.45, 7) is 4.91.